The highest BCUT2D eigenvalue weighted by Crippen LogP contribution is 1.97. The molecule has 0 atom stereocenters. The van der Waals surface area contributed by atoms with Crippen molar-refractivity contribution in [2.24, 2.45) is 16.0 Å². The third-order valence-electron chi connectivity index (χ3n) is 1.73. The van der Waals surface area contributed by atoms with E-state index in [0.29, 0.717) is 19.7 Å². The van der Waals surface area contributed by atoms with Gasteiger partial charge in [0, 0.05) is 6.42 Å². The van der Waals surface area contributed by atoms with Crippen LogP contribution in [0.3, 0.4) is 0 Å². The largest absolute Gasteiger partial charge is 0.465 e. The van der Waals surface area contributed by atoms with E-state index < -0.39 is 0 Å². The lowest BCUT2D eigenvalue weighted by Crippen LogP contribution is -2.20. The van der Waals surface area contributed by atoms with Crippen molar-refractivity contribution in [1.82, 2.24) is 5.43 Å². The molecule has 5 heteroatoms. The van der Waals surface area contributed by atoms with Gasteiger partial charge in [-0.05, 0) is 0 Å². The van der Waals surface area contributed by atoms with Crippen molar-refractivity contribution in [1.29, 1.82) is 0 Å². The lowest BCUT2D eigenvalue weighted by atomic mass is 10.2. The van der Waals surface area contributed by atoms with Crippen molar-refractivity contribution in [2.75, 3.05) is 13.3 Å². The van der Waals surface area contributed by atoms with Crippen LogP contribution in [-0.2, 0) is 9.53 Å². The molecule has 1 aliphatic heterocycles. The van der Waals surface area contributed by atoms with E-state index in [1.54, 1.807) is 6.21 Å². The number of carbonyl (C=O) groups is 1. The maximum Gasteiger partial charge on any atom is 0.308 e. The van der Waals surface area contributed by atoms with Gasteiger partial charge in [-0.2, -0.15) is 5.10 Å². The molecule has 0 aromatic heterocycles. The molecule has 78 valence electrons. The van der Waals surface area contributed by atoms with E-state index >= 15 is 0 Å². The molecule has 0 amide bonds. The third kappa shape index (κ3) is 3.55. The highest BCUT2D eigenvalue weighted by atomic mass is 16.5. The number of nitrogens with one attached hydrogen (secondary N) is 1. The van der Waals surface area contributed by atoms with Crippen LogP contribution < -0.4 is 5.43 Å². The fourth-order valence-electron chi connectivity index (χ4n) is 0.905. The molecule has 5 nitrogen and oxygen atoms in total. The predicted molar refractivity (Wildman–Crippen MR) is 54.3 cm³/mol. The zero-order valence-corrected chi connectivity index (χ0v) is 8.49. The van der Waals surface area contributed by atoms with Crippen LogP contribution in [0.1, 0.15) is 20.3 Å². The zero-order valence-electron chi connectivity index (χ0n) is 8.49. The number of esters is 1. The van der Waals surface area contributed by atoms with Gasteiger partial charge in [0.25, 0.3) is 0 Å². The summed E-state index contributed by atoms with van der Waals surface area (Å²) in [7, 11) is 0. The number of aliphatic imine (C=N–C) groups is 1. The lowest BCUT2D eigenvalue weighted by Gasteiger charge is -2.08. The molecule has 1 aliphatic rings. The molecule has 1 rings (SSSR count). The number of carbonyl (C=O) groups excluding carboxylic acids is 1. The molecule has 0 fully saturated rings. The van der Waals surface area contributed by atoms with E-state index in [0.717, 1.165) is 5.71 Å². The van der Waals surface area contributed by atoms with Gasteiger partial charge in [-0.25, -0.2) is 0 Å². The summed E-state index contributed by atoms with van der Waals surface area (Å²) < 4.78 is 5.00. The minimum Gasteiger partial charge on any atom is -0.465 e. The van der Waals surface area contributed by atoms with Crippen LogP contribution in [0.25, 0.3) is 0 Å². The average molecular weight is 197 g/mol. The Morgan fingerprint density at radius 2 is 2.50 bits per heavy atom. The van der Waals surface area contributed by atoms with E-state index in [9.17, 15) is 4.79 Å². The van der Waals surface area contributed by atoms with E-state index in [2.05, 4.69) is 15.5 Å². The smallest absolute Gasteiger partial charge is 0.308 e. The molecule has 1 N–H and O–H groups in total. The van der Waals surface area contributed by atoms with Crippen molar-refractivity contribution in [3.05, 3.63) is 0 Å². The van der Waals surface area contributed by atoms with Crippen LogP contribution in [0.2, 0.25) is 0 Å². The van der Waals surface area contributed by atoms with Crippen LogP contribution in [0.4, 0.5) is 0 Å². The normalized spacial score (nSPS) is 14.9. The Kier molecular flexibility index (Phi) is 4.10. The quantitative estimate of drug-likeness (QED) is 0.670. The maximum atomic E-state index is 11.1. The molecule has 1 heterocycles. The number of hydrogen-bond donors (Lipinski definition) is 1. The minimum atomic E-state index is -0.170. The molecule has 0 aliphatic carbocycles. The molecule has 14 heavy (non-hydrogen) atoms. The van der Waals surface area contributed by atoms with Crippen LogP contribution in [0, 0.1) is 5.92 Å². The zero-order chi connectivity index (χ0) is 10.4. The SMILES string of the molecule is CC(C)C(=O)OCCC1=NCNN=C1. The summed E-state index contributed by atoms with van der Waals surface area (Å²) in [5.41, 5.74) is 3.57. The summed E-state index contributed by atoms with van der Waals surface area (Å²) in [5, 5.41) is 3.85. The first-order chi connectivity index (χ1) is 6.70. The second kappa shape index (κ2) is 5.36. The Hall–Kier alpha value is -1.39. The summed E-state index contributed by atoms with van der Waals surface area (Å²) in [4.78, 5) is 15.2. The Morgan fingerprint density at radius 1 is 1.71 bits per heavy atom. The maximum absolute atomic E-state index is 11.1. The summed E-state index contributed by atoms with van der Waals surface area (Å²) >= 11 is 0. The van der Waals surface area contributed by atoms with Gasteiger partial charge in [0.2, 0.25) is 0 Å². The van der Waals surface area contributed by atoms with E-state index in [1.807, 2.05) is 13.8 Å². The van der Waals surface area contributed by atoms with Crippen LogP contribution >= 0.6 is 0 Å². The summed E-state index contributed by atoms with van der Waals surface area (Å²) in [6.45, 7) is 4.50. The van der Waals surface area contributed by atoms with Gasteiger partial charge in [-0.3, -0.25) is 15.2 Å². The van der Waals surface area contributed by atoms with Crippen molar-refractivity contribution < 1.29 is 9.53 Å². The number of rotatable bonds is 4. The summed E-state index contributed by atoms with van der Waals surface area (Å²) in [5.74, 6) is -0.241. The van der Waals surface area contributed by atoms with Gasteiger partial charge >= 0.3 is 5.97 Å². The van der Waals surface area contributed by atoms with Crippen molar-refractivity contribution in [3.63, 3.8) is 0 Å². The van der Waals surface area contributed by atoms with Gasteiger partial charge in [0.1, 0.15) is 6.67 Å². The fourth-order valence-corrected chi connectivity index (χ4v) is 0.905. The van der Waals surface area contributed by atoms with E-state index in [4.69, 9.17) is 4.74 Å². The highest BCUT2D eigenvalue weighted by molar-refractivity contribution is 6.30. The van der Waals surface area contributed by atoms with Crippen LogP contribution in [-0.4, -0.2) is 31.2 Å². The molecule has 0 saturated heterocycles. The van der Waals surface area contributed by atoms with Crippen LogP contribution in [0.5, 0.6) is 0 Å². The van der Waals surface area contributed by atoms with Gasteiger partial charge in [-0.15, -0.1) is 0 Å². The predicted octanol–water partition coefficient (Wildman–Crippen LogP) is 0.563. The molecular weight excluding hydrogens is 182 g/mol. The summed E-state index contributed by atoms with van der Waals surface area (Å²) in [6, 6.07) is 0. The van der Waals surface area contributed by atoms with Gasteiger partial charge in [0.15, 0.2) is 0 Å². The Labute approximate surface area is 83.2 Å². The monoisotopic (exact) mass is 197 g/mol. The molecule has 0 bridgehead atoms. The molecule has 0 aromatic rings. The van der Waals surface area contributed by atoms with Crippen molar-refractivity contribution >= 4 is 17.9 Å². The minimum absolute atomic E-state index is 0.0707. The highest BCUT2D eigenvalue weighted by Gasteiger charge is 2.08. The average Bonchev–Trinajstić information content (AvgIpc) is 2.19. The Balaban J connectivity index is 2.18. The van der Waals surface area contributed by atoms with Gasteiger partial charge in [0.05, 0.1) is 24.5 Å². The molecule has 0 saturated carbocycles. The topological polar surface area (TPSA) is 63.0 Å². The molecule has 0 spiro atoms. The number of hydrogen-bond acceptors (Lipinski definition) is 5. The molecule has 0 radical (unpaired) electrons. The molecule has 0 unspecified atom stereocenters. The number of nitrogens with zero attached hydrogens (tertiary/aromatic N) is 2. The summed E-state index contributed by atoms with van der Waals surface area (Å²) in [6.07, 6.45) is 2.27. The second-order valence-corrected chi connectivity index (χ2v) is 3.30. The second-order valence-electron chi connectivity index (χ2n) is 3.30. The molecular formula is C9H15N3O2. The first-order valence-electron chi connectivity index (χ1n) is 4.66. The van der Waals surface area contributed by atoms with Crippen molar-refractivity contribution in [3.8, 4) is 0 Å². The fraction of sp³-hybridized carbons (Fsp3) is 0.667. The van der Waals surface area contributed by atoms with Crippen LogP contribution in [0.15, 0.2) is 10.1 Å². The van der Waals surface area contributed by atoms with E-state index in [-0.39, 0.29) is 11.9 Å². The Bertz CT molecular complexity index is 259. The van der Waals surface area contributed by atoms with Crippen molar-refractivity contribution in [2.45, 2.75) is 20.3 Å². The van der Waals surface area contributed by atoms with E-state index in [1.165, 1.54) is 0 Å². The standard InChI is InChI=1S/C9H15N3O2/c1-7(2)9(13)14-4-3-8-5-11-12-6-10-8/h5,7,12H,3-4,6H2,1-2H3. The van der Waals surface area contributed by atoms with Gasteiger partial charge < -0.3 is 4.74 Å². The molecule has 0 aromatic carbocycles. The first kappa shape index (κ1) is 10.7. The first-order valence-corrected chi connectivity index (χ1v) is 4.66. The number of hydrazone groups is 1. The van der Waals surface area contributed by atoms with Gasteiger partial charge in [-0.1, -0.05) is 13.8 Å². The number of ether oxygens (including phenoxy) is 1. The third-order valence-corrected chi connectivity index (χ3v) is 1.73. The lowest BCUT2D eigenvalue weighted by molar-refractivity contribution is -0.147. The Morgan fingerprint density at radius 3 is 3.07 bits per heavy atom.